The highest BCUT2D eigenvalue weighted by atomic mass is 19.4. The van der Waals surface area contributed by atoms with E-state index in [0.29, 0.717) is 12.8 Å². The summed E-state index contributed by atoms with van der Waals surface area (Å²) in [6, 6.07) is 0. The molecule has 0 amide bonds. The first-order valence-electron chi connectivity index (χ1n) is 6.52. The number of ketones is 1. The Labute approximate surface area is 108 Å². The van der Waals surface area contributed by atoms with Gasteiger partial charge in [0.25, 0.3) is 0 Å². The third-order valence-corrected chi connectivity index (χ3v) is 5.25. The van der Waals surface area contributed by atoms with Crippen LogP contribution in [0.4, 0.5) is 13.2 Å². The van der Waals surface area contributed by atoms with Crippen LogP contribution in [0.1, 0.15) is 38.5 Å². The minimum atomic E-state index is -4.86. The highest BCUT2D eigenvalue weighted by Gasteiger charge is 2.66. The maximum atomic E-state index is 12.8. The van der Waals surface area contributed by atoms with Gasteiger partial charge in [0, 0.05) is 5.41 Å². The largest absolute Gasteiger partial charge is 0.481 e. The average Bonchev–Trinajstić information content (AvgIpc) is 2.24. The maximum absolute atomic E-state index is 12.8. The molecule has 0 aromatic rings. The summed E-state index contributed by atoms with van der Waals surface area (Å²) in [5, 5.41) is 9.39. The topological polar surface area (TPSA) is 54.4 Å². The number of aliphatic carboxylic acids is 1. The van der Waals surface area contributed by atoms with Gasteiger partial charge in [0.1, 0.15) is 0 Å². The van der Waals surface area contributed by atoms with Gasteiger partial charge in [-0.05, 0) is 50.4 Å². The van der Waals surface area contributed by atoms with E-state index in [9.17, 15) is 27.9 Å². The number of alkyl halides is 3. The third-order valence-electron chi connectivity index (χ3n) is 5.25. The van der Waals surface area contributed by atoms with Crippen molar-refractivity contribution in [3.05, 3.63) is 0 Å². The monoisotopic (exact) mass is 276 g/mol. The maximum Gasteiger partial charge on any atom is 0.450 e. The minimum Gasteiger partial charge on any atom is -0.481 e. The second kappa shape index (κ2) is 3.52. The smallest absolute Gasteiger partial charge is 0.450 e. The van der Waals surface area contributed by atoms with Gasteiger partial charge in [0.05, 0.1) is 5.41 Å². The molecular weight excluding hydrogens is 261 g/mol. The second-order valence-corrected chi connectivity index (χ2v) is 6.65. The van der Waals surface area contributed by atoms with Gasteiger partial charge in [-0.25, -0.2) is 0 Å². The summed E-state index contributed by atoms with van der Waals surface area (Å²) in [6.07, 6.45) is -2.89. The first-order chi connectivity index (χ1) is 8.67. The Morgan fingerprint density at radius 3 is 1.89 bits per heavy atom. The number of Topliss-reactive ketones (excluding diaryl/α,β-unsaturated/α-hetero) is 1. The van der Waals surface area contributed by atoms with E-state index in [1.54, 1.807) is 0 Å². The van der Waals surface area contributed by atoms with E-state index in [0.717, 1.165) is 6.42 Å². The lowest BCUT2D eigenvalue weighted by molar-refractivity contribution is -0.205. The predicted molar refractivity (Wildman–Crippen MR) is 58.2 cm³/mol. The molecule has 0 aromatic carbocycles. The summed E-state index contributed by atoms with van der Waals surface area (Å²) in [6.45, 7) is 0. The standard InChI is InChI=1S/C13H15F3O3/c14-13(15,16)9(17)11-2-7-1-8(3-11)5-12(4-7,6-11)10(18)19/h7-8H,1-6H2,(H,18,19). The average molecular weight is 276 g/mol. The summed E-state index contributed by atoms with van der Waals surface area (Å²) < 4.78 is 38.4. The van der Waals surface area contributed by atoms with Crippen LogP contribution in [-0.2, 0) is 9.59 Å². The molecule has 0 radical (unpaired) electrons. The van der Waals surface area contributed by atoms with E-state index in [2.05, 4.69) is 0 Å². The number of carboxylic acid groups (broad SMARTS) is 1. The lowest BCUT2D eigenvalue weighted by Gasteiger charge is -2.59. The molecule has 0 aliphatic heterocycles. The Bertz CT molecular complexity index is 441. The zero-order valence-corrected chi connectivity index (χ0v) is 10.3. The molecule has 106 valence electrons. The van der Waals surface area contributed by atoms with Gasteiger partial charge < -0.3 is 5.11 Å². The van der Waals surface area contributed by atoms with Gasteiger partial charge in [-0.3, -0.25) is 9.59 Å². The molecule has 4 aliphatic rings. The number of hydrogen-bond donors (Lipinski definition) is 1. The molecule has 19 heavy (non-hydrogen) atoms. The summed E-state index contributed by atoms with van der Waals surface area (Å²) in [5.41, 5.74) is -2.55. The number of halogens is 3. The van der Waals surface area contributed by atoms with Crippen molar-refractivity contribution in [3.8, 4) is 0 Å². The Morgan fingerprint density at radius 2 is 1.47 bits per heavy atom. The van der Waals surface area contributed by atoms with Gasteiger partial charge in [0.2, 0.25) is 5.78 Å². The van der Waals surface area contributed by atoms with E-state index in [-0.39, 0.29) is 31.1 Å². The van der Waals surface area contributed by atoms with Gasteiger partial charge in [-0.1, -0.05) is 0 Å². The van der Waals surface area contributed by atoms with E-state index in [1.807, 2.05) is 0 Å². The molecule has 4 saturated carbocycles. The molecule has 4 fully saturated rings. The first-order valence-corrected chi connectivity index (χ1v) is 6.52. The molecule has 1 N–H and O–H groups in total. The van der Waals surface area contributed by atoms with Gasteiger partial charge >= 0.3 is 12.1 Å². The molecule has 6 heteroatoms. The minimum absolute atomic E-state index is 0.0383. The molecule has 0 heterocycles. The fraction of sp³-hybridized carbons (Fsp3) is 0.846. The van der Waals surface area contributed by atoms with Crippen molar-refractivity contribution in [1.29, 1.82) is 0 Å². The lowest BCUT2D eigenvalue weighted by atomic mass is 9.43. The van der Waals surface area contributed by atoms with Crippen LogP contribution in [0, 0.1) is 22.7 Å². The summed E-state index contributed by atoms with van der Waals surface area (Å²) in [4.78, 5) is 23.2. The molecule has 0 aromatic heterocycles. The van der Waals surface area contributed by atoms with Crippen LogP contribution in [-0.4, -0.2) is 23.0 Å². The van der Waals surface area contributed by atoms with Crippen LogP contribution < -0.4 is 0 Å². The number of carboxylic acids is 1. The van der Waals surface area contributed by atoms with E-state index in [4.69, 9.17) is 0 Å². The first kappa shape index (κ1) is 12.9. The Kier molecular flexibility index (Phi) is 2.40. The van der Waals surface area contributed by atoms with E-state index in [1.165, 1.54) is 0 Å². The van der Waals surface area contributed by atoms with Crippen molar-refractivity contribution in [2.24, 2.45) is 22.7 Å². The van der Waals surface area contributed by atoms with Gasteiger partial charge in [0.15, 0.2) is 0 Å². The lowest BCUT2D eigenvalue weighted by Crippen LogP contribution is -2.59. The molecule has 4 rings (SSSR count). The summed E-state index contributed by atoms with van der Waals surface area (Å²) in [7, 11) is 0. The molecule has 3 nitrogen and oxygen atoms in total. The zero-order valence-electron chi connectivity index (χ0n) is 10.3. The Morgan fingerprint density at radius 1 is 1.00 bits per heavy atom. The highest BCUT2D eigenvalue weighted by Crippen LogP contribution is 2.66. The molecular formula is C13H15F3O3. The van der Waals surface area contributed by atoms with Crippen molar-refractivity contribution in [2.75, 3.05) is 0 Å². The summed E-state index contributed by atoms with van der Waals surface area (Å²) in [5.74, 6) is -2.80. The van der Waals surface area contributed by atoms with Crippen molar-refractivity contribution in [1.82, 2.24) is 0 Å². The summed E-state index contributed by atoms with van der Waals surface area (Å²) >= 11 is 0. The predicted octanol–water partition coefficient (Wildman–Crippen LogP) is 2.79. The van der Waals surface area contributed by atoms with Crippen LogP contribution in [0.2, 0.25) is 0 Å². The molecule has 2 atom stereocenters. The fourth-order valence-corrected chi connectivity index (χ4v) is 5.08. The van der Waals surface area contributed by atoms with Crippen molar-refractivity contribution in [3.63, 3.8) is 0 Å². The number of rotatable bonds is 2. The quantitative estimate of drug-likeness (QED) is 0.843. The third kappa shape index (κ3) is 1.71. The van der Waals surface area contributed by atoms with Crippen LogP contribution in [0.25, 0.3) is 0 Å². The Balaban J connectivity index is 2.01. The molecule has 4 bridgehead atoms. The van der Waals surface area contributed by atoms with Gasteiger partial charge in [-0.15, -0.1) is 0 Å². The molecule has 0 saturated heterocycles. The van der Waals surface area contributed by atoms with Gasteiger partial charge in [-0.2, -0.15) is 13.2 Å². The number of carbonyl (C=O) groups is 2. The van der Waals surface area contributed by atoms with E-state index >= 15 is 0 Å². The number of hydrogen-bond acceptors (Lipinski definition) is 2. The molecule has 4 aliphatic carbocycles. The molecule has 0 spiro atoms. The Hall–Kier alpha value is -1.07. The fourth-order valence-electron chi connectivity index (χ4n) is 5.08. The molecule has 2 unspecified atom stereocenters. The SMILES string of the molecule is O=C(O)C12CC3CC(C1)CC(C(=O)C(F)(F)F)(C3)C2. The van der Waals surface area contributed by atoms with Crippen molar-refractivity contribution < 1.29 is 27.9 Å². The second-order valence-electron chi connectivity index (χ2n) is 6.65. The van der Waals surface area contributed by atoms with Crippen LogP contribution >= 0.6 is 0 Å². The number of carbonyl (C=O) groups excluding carboxylic acids is 1. The van der Waals surface area contributed by atoms with Crippen LogP contribution in [0.3, 0.4) is 0 Å². The van der Waals surface area contributed by atoms with E-state index < -0.39 is 28.8 Å². The van der Waals surface area contributed by atoms with Crippen LogP contribution in [0.15, 0.2) is 0 Å². The van der Waals surface area contributed by atoms with Crippen molar-refractivity contribution in [2.45, 2.75) is 44.7 Å². The van der Waals surface area contributed by atoms with Crippen molar-refractivity contribution >= 4 is 11.8 Å². The highest BCUT2D eigenvalue weighted by molar-refractivity contribution is 5.91. The zero-order chi connectivity index (χ0) is 14.1. The normalized spacial score (nSPS) is 44.4. The van der Waals surface area contributed by atoms with Crippen LogP contribution in [0.5, 0.6) is 0 Å².